The highest BCUT2D eigenvalue weighted by Gasteiger charge is 2.30. The first-order valence-electron chi connectivity index (χ1n) is 8.12. The maximum atomic E-state index is 11.7. The molecule has 0 saturated carbocycles. The lowest BCUT2D eigenvalue weighted by Gasteiger charge is -2.38. The van der Waals surface area contributed by atoms with E-state index in [1.165, 1.54) is 5.56 Å². The number of aromatic amines is 1. The molecule has 2 aliphatic rings. The molecule has 0 amide bonds. The molecule has 2 aromatic rings. The summed E-state index contributed by atoms with van der Waals surface area (Å²) in [6.45, 7) is 4.83. The van der Waals surface area contributed by atoms with Gasteiger partial charge in [0.1, 0.15) is 6.61 Å². The fourth-order valence-electron chi connectivity index (χ4n) is 3.65. The van der Waals surface area contributed by atoms with Gasteiger partial charge in [0.15, 0.2) is 0 Å². The summed E-state index contributed by atoms with van der Waals surface area (Å²) in [7, 11) is 0. The van der Waals surface area contributed by atoms with Gasteiger partial charge in [-0.25, -0.2) is 9.78 Å². The number of nitrogens with two attached hydrogens (primary N) is 1. The van der Waals surface area contributed by atoms with Crippen LogP contribution in [0.5, 0.6) is 0 Å². The number of aromatic nitrogens is 2. The van der Waals surface area contributed by atoms with Crippen LogP contribution in [0.2, 0.25) is 0 Å². The second-order valence-electron chi connectivity index (χ2n) is 6.48. The maximum Gasteiger partial charge on any atom is 0.338 e. The van der Waals surface area contributed by atoms with E-state index in [1.807, 2.05) is 18.3 Å². The average Bonchev–Trinajstić information content (AvgIpc) is 3.18. The van der Waals surface area contributed by atoms with Crippen LogP contribution >= 0.6 is 0 Å². The molecule has 0 spiro atoms. The molecule has 1 aromatic heterocycles. The highest BCUT2D eigenvalue weighted by Crippen LogP contribution is 2.30. The smallest absolute Gasteiger partial charge is 0.338 e. The van der Waals surface area contributed by atoms with E-state index in [-0.39, 0.29) is 18.2 Å². The van der Waals surface area contributed by atoms with Gasteiger partial charge >= 0.3 is 5.97 Å². The fraction of sp³-hybridized carbons (Fsp3) is 0.412. The lowest BCUT2D eigenvalue weighted by molar-refractivity contribution is 0.0535. The Labute approximate surface area is 140 Å². The second kappa shape index (κ2) is 6.01. The summed E-state index contributed by atoms with van der Waals surface area (Å²) < 4.78 is 5.15. The topological polar surface area (TPSA) is 96.3 Å². The molecular formula is C17H21N5O2. The molecule has 1 aromatic carbocycles. The normalized spacial score (nSPS) is 24.0. The van der Waals surface area contributed by atoms with Crippen LogP contribution in [0.15, 0.2) is 24.7 Å². The minimum Gasteiger partial charge on any atom is -0.457 e. The third kappa shape index (κ3) is 2.71. The third-order valence-electron chi connectivity index (χ3n) is 4.84. The zero-order chi connectivity index (χ0) is 16.7. The van der Waals surface area contributed by atoms with Crippen molar-refractivity contribution in [3.63, 3.8) is 0 Å². The molecule has 1 saturated heterocycles. The summed E-state index contributed by atoms with van der Waals surface area (Å²) in [4.78, 5) is 21.2. The van der Waals surface area contributed by atoms with Gasteiger partial charge in [0.25, 0.3) is 0 Å². The van der Waals surface area contributed by atoms with Crippen molar-refractivity contribution >= 4 is 5.97 Å². The predicted molar refractivity (Wildman–Crippen MR) is 88.0 cm³/mol. The molecule has 2 aliphatic heterocycles. The number of nitrogens with zero attached hydrogens (tertiary/aromatic N) is 2. The summed E-state index contributed by atoms with van der Waals surface area (Å²) in [5, 5.41) is 3.47. The number of hydrogen-bond donors (Lipinski definition) is 3. The molecule has 4 N–H and O–H groups in total. The molecule has 4 rings (SSSR count). The Morgan fingerprint density at radius 3 is 3.08 bits per heavy atom. The number of carbonyl (C=O) groups excluding carboxylic acids is 1. The number of hydrogen-bond acceptors (Lipinski definition) is 6. The van der Waals surface area contributed by atoms with Crippen LogP contribution in [0.1, 0.15) is 38.8 Å². The number of imidazole rings is 1. The minimum atomic E-state index is -0.228. The minimum absolute atomic E-state index is 0.0998. The zero-order valence-electron chi connectivity index (χ0n) is 13.6. The van der Waals surface area contributed by atoms with E-state index in [0.29, 0.717) is 12.2 Å². The van der Waals surface area contributed by atoms with Gasteiger partial charge in [0.05, 0.1) is 18.1 Å². The molecule has 2 atom stereocenters. The van der Waals surface area contributed by atoms with Crippen molar-refractivity contribution in [2.45, 2.75) is 32.3 Å². The van der Waals surface area contributed by atoms with Crippen molar-refractivity contribution in [2.24, 2.45) is 5.73 Å². The van der Waals surface area contributed by atoms with Crippen molar-refractivity contribution in [2.75, 3.05) is 13.1 Å². The Bertz CT molecular complexity index is 759. The Kier molecular flexibility index (Phi) is 3.84. The van der Waals surface area contributed by atoms with Gasteiger partial charge in [0.2, 0.25) is 0 Å². The number of piperazine rings is 1. The third-order valence-corrected chi connectivity index (χ3v) is 4.84. The largest absolute Gasteiger partial charge is 0.457 e. The summed E-state index contributed by atoms with van der Waals surface area (Å²) in [5.41, 5.74) is 11.3. The number of rotatable bonds is 3. The number of fused-ring (bicyclic) bond motifs is 1. The first-order valence-corrected chi connectivity index (χ1v) is 8.12. The molecule has 126 valence electrons. The van der Waals surface area contributed by atoms with E-state index >= 15 is 0 Å². The number of H-pyrrole nitrogens is 1. The summed E-state index contributed by atoms with van der Waals surface area (Å²) >= 11 is 0. The van der Waals surface area contributed by atoms with Crippen molar-refractivity contribution in [1.82, 2.24) is 20.2 Å². The molecule has 7 nitrogen and oxygen atoms in total. The number of cyclic esters (lactones) is 1. The monoisotopic (exact) mass is 327 g/mol. The van der Waals surface area contributed by atoms with E-state index in [2.05, 4.69) is 27.1 Å². The van der Waals surface area contributed by atoms with Crippen molar-refractivity contribution in [3.05, 3.63) is 52.6 Å². The summed E-state index contributed by atoms with van der Waals surface area (Å²) in [5.74, 6) is -0.228. The van der Waals surface area contributed by atoms with Crippen molar-refractivity contribution in [3.8, 4) is 0 Å². The van der Waals surface area contributed by atoms with Crippen molar-refractivity contribution < 1.29 is 9.53 Å². The molecule has 0 bridgehead atoms. The van der Waals surface area contributed by atoms with Crippen LogP contribution in [-0.4, -0.2) is 40.1 Å². The Balaban J connectivity index is 1.58. The van der Waals surface area contributed by atoms with Crippen LogP contribution in [0.4, 0.5) is 0 Å². The maximum absolute atomic E-state index is 11.7. The molecule has 0 radical (unpaired) electrons. The van der Waals surface area contributed by atoms with Crippen LogP contribution in [0.3, 0.4) is 0 Å². The van der Waals surface area contributed by atoms with Gasteiger partial charge in [0, 0.05) is 43.1 Å². The lowest BCUT2D eigenvalue weighted by atomic mass is 9.93. The molecule has 3 heterocycles. The fourth-order valence-corrected chi connectivity index (χ4v) is 3.65. The molecular weight excluding hydrogens is 306 g/mol. The highest BCUT2D eigenvalue weighted by molar-refractivity contribution is 5.93. The number of esters is 1. The number of benzene rings is 1. The van der Waals surface area contributed by atoms with Gasteiger partial charge in [-0.3, -0.25) is 10.2 Å². The molecule has 0 unspecified atom stereocenters. The van der Waals surface area contributed by atoms with Gasteiger partial charge < -0.3 is 15.5 Å². The Hall–Kier alpha value is -2.22. The van der Waals surface area contributed by atoms with Gasteiger partial charge in [-0.1, -0.05) is 6.07 Å². The van der Waals surface area contributed by atoms with E-state index < -0.39 is 0 Å². The van der Waals surface area contributed by atoms with Gasteiger partial charge in [-0.05, 0) is 24.1 Å². The van der Waals surface area contributed by atoms with E-state index in [1.54, 1.807) is 6.33 Å². The number of nitrogens with one attached hydrogen (secondary N) is 2. The summed E-state index contributed by atoms with van der Waals surface area (Å²) in [6, 6.07) is 4.01. The SMILES string of the molecule is Cc1c([C@@H]2CN(Cc3cnc[nH]3)C[C@H](N)N2)ccc2c1COC2=O. The zero-order valence-corrected chi connectivity index (χ0v) is 13.6. The van der Waals surface area contributed by atoms with E-state index in [9.17, 15) is 4.79 Å². The highest BCUT2D eigenvalue weighted by atomic mass is 16.5. The molecule has 1 fully saturated rings. The molecule has 7 heteroatoms. The standard InChI is InChI=1S/C17H21N5O2/c1-10-12(2-3-13-14(10)8-24-17(13)23)15-6-22(7-16(18)21-15)5-11-4-19-9-20-11/h2-4,9,15-16,21H,5-8,18H2,1H3,(H,19,20)/t15-,16+/m0/s1. The summed E-state index contributed by atoms with van der Waals surface area (Å²) in [6.07, 6.45) is 3.43. The lowest BCUT2D eigenvalue weighted by Crippen LogP contribution is -2.56. The molecule has 0 aliphatic carbocycles. The first kappa shape index (κ1) is 15.3. The first-order chi connectivity index (χ1) is 11.6. The Morgan fingerprint density at radius 1 is 1.42 bits per heavy atom. The van der Waals surface area contributed by atoms with Gasteiger partial charge in [-0.2, -0.15) is 0 Å². The van der Waals surface area contributed by atoms with E-state index in [0.717, 1.165) is 36.5 Å². The van der Waals surface area contributed by atoms with Crippen molar-refractivity contribution in [1.29, 1.82) is 0 Å². The average molecular weight is 327 g/mol. The van der Waals surface area contributed by atoms with Crippen LogP contribution in [0, 0.1) is 6.92 Å². The predicted octanol–water partition coefficient (Wildman–Crippen LogP) is 0.820. The van der Waals surface area contributed by atoms with Crippen LogP contribution in [-0.2, 0) is 17.9 Å². The second-order valence-corrected chi connectivity index (χ2v) is 6.48. The number of carbonyl (C=O) groups is 1. The Morgan fingerprint density at radius 2 is 2.29 bits per heavy atom. The van der Waals surface area contributed by atoms with Crippen LogP contribution in [0.25, 0.3) is 0 Å². The number of ether oxygens (including phenoxy) is 1. The quantitative estimate of drug-likeness (QED) is 0.722. The van der Waals surface area contributed by atoms with Crippen LogP contribution < -0.4 is 11.1 Å². The molecule has 24 heavy (non-hydrogen) atoms. The van der Waals surface area contributed by atoms with E-state index in [4.69, 9.17) is 10.5 Å². The van der Waals surface area contributed by atoms with Gasteiger partial charge in [-0.15, -0.1) is 0 Å².